The second kappa shape index (κ2) is 5.05. The van der Waals surface area contributed by atoms with Crippen molar-refractivity contribution >= 4 is 15.9 Å². The second-order valence-electron chi connectivity index (χ2n) is 1.61. The standard InChI is InChI=1S/C3H4F3NO3S.C2H6/c1-2(8)7-11(9,10)3(4,5)6;1-2/h1H3,(H,7,8);1-2H3. The fourth-order valence-corrected chi connectivity index (χ4v) is 0.741. The molecule has 0 aromatic rings. The quantitative estimate of drug-likeness (QED) is 0.718. The molecule has 0 bridgehead atoms. The zero-order valence-corrected chi connectivity index (χ0v) is 8.08. The van der Waals surface area contributed by atoms with Gasteiger partial charge >= 0.3 is 15.5 Å². The number of carbonyl (C=O) groups excluding carboxylic acids is 1. The fourth-order valence-electron chi connectivity index (χ4n) is 0.247. The molecular formula is C5H10F3NO3S. The van der Waals surface area contributed by atoms with Crippen LogP contribution >= 0.6 is 0 Å². The van der Waals surface area contributed by atoms with Crippen molar-refractivity contribution in [1.29, 1.82) is 0 Å². The van der Waals surface area contributed by atoms with E-state index in [0.29, 0.717) is 6.92 Å². The molecular weight excluding hydrogens is 211 g/mol. The molecule has 0 saturated heterocycles. The maximum atomic E-state index is 11.4. The number of rotatable bonds is 1. The third kappa shape index (κ3) is 5.45. The lowest BCUT2D eigenvalue weighted by molar-refractivity contribution is -0.117. The van der Waals surface area contributed by atoms with Crippen LogP contribution in [0.25, 0.3) is 0 Å². The Morgan fingerprint density at radius 2 is 1.54 bits per heavy atom. The number of hydrogen-bond donors (Lipinski definition) is 1. The largest absolute Gasteiger partial charge is 0.516 e. The highest BCUT2D eigenvalue weighted by atomic mass is 32.2. The molecule has 0 aromatic carbocycles. The van der Waals surface area contributed by atoms with Gasteiger partial charge < -0.3 is 0 Å². The van der Waals surface area contributed by atoms with Gasteiger partial charge in [-0.2, -0.15) is 21.6 Å². The molecule has 0 unspecified atom stereocenters. The molecule has 0 radical (unpaired) electrons. The summed E-state index contributed by atoms with van der Waals surface area (Å²) in [6, 6.07) is 0. The van der Waals surface area contributed by atoms with Crippen molar-refractivity contribution in [3.8, 4) is 0 Å². The summed E-state index contributed by atoms with van der Waals surface area (Å²) in [5, 5.41) is 0. The zero-order chi connectivity index (χ0) is 11.3. The van der Waals surface area contributed by atoms with Crippen LogP contribution < -0.4 is 4.72 Å². The Bertz CT molecular complexity index is 257. The van der Waals surface area contributed by atoms with Gasteiger partial charge in [0.2, 0.25) is 5.91 Å². The summed E-state index contributed by atoms with van der Waals surface area (Å²) in [5.74, 6) is -1.28. The minimum Gasteiger partial charge on any atom is -0.274 e. The number of amides is 1. The molecule has 0 rings (SSSR count). The van der Waals surface area contributed by atoms with Gasteiger partial charge in [-0.05, 0) is 0 Å². The molecule has 4 nitrogen and oxygen atoms in total. The Morgan fingerprint density at radius 3 is 1.62 bits per heavy atom. The van der Waals surface area contributed by atoms with Gasteiger partial charge in [-0.25, -0.2) is 4.72 Å². The van der Waals surface area contributed by atoms with E-state index >= 15 is 0 Å². The van der Waals surface area contributed by atoms with E-state index in [1.807, 2.05) is 13.8 Å². The third-order valence-corrected chi connectivity index (χ3v) is 1.75. The molecule has 0 fully saturated rings. The van der Waals surface area contributed by atoms with Crippen LogP contribution in [0.15, 0.2) is 0 Å². The lowest BCUT2D eigenvalue weighted by atomic mass is 10.8. The van der Waals surface area contributed by atoms with Crippen molar-refractivity contribution in [2.24, 2.45) is 0 Å². The summed E-state index contributed by atoms with van der Waals surface area (Å²) in [4.78, 5) is 9.92. The molecule has 1 N–H and O–H groups in total. The Morgan fingerprint density at radius 1 is 1.23 bits per heavy atom. The number of sulfonamides is 1. The molecule has 1 amide bonds. The predicted molar refractivity (Wildman–Crippen MR) is 40.1 cm³/mol. The molecule has 0 saturated carbocycles. The topological polar surface area (TPSA) is 63.2 Å². The SMILES string of the molecule is CC.CC(=O)NS(=O)(=O)C(F)(F)F. The van der Waals surface area contributed by atoms with E-state index in [0.717, 1.165) is 4.72 Å². The van der Waals surface area contributed by atoms with Crippen molar-refractivity contribution in [3.63, 3.8) is 0 Å². The summed E-state index contributed by atoms with van der Waals surface area (Å²) >= 11 is 0. The van der Waals surface area contributed by atoms with Crippen molar-refractivity contribution in [2.75, 3.05) is 0 Å². The minimum absolute atomic E-state index is 0.670. The summed E-state index contributed by atoms with van der Waals surface area (Å²) in [6.45, 7) is 4.67. The van der Waals surface area contributed by atoms with Gasteiger partial charge in [0.1, 0.15) is 0 Å². The summed E-state index contributed by atoms with van der Waals surface area (Å²) in [6.07, 6.45) is 0. The molecule has 0 heterocycles. The molecule has 0 aromatic heterocycles. The average Bonchev–Trinajstić information content (AvgIpc) is 1.86. The fraction of sp³-hybridized carbons (Fsp3) is 0.800. The highest BCUT2D eigenvalue weighted by Crippen LogP contribution is 2.21. The van der Waals surface area contributed by atoms with Gasteiger partial charge in [0, 0.05) is 6.92 Å². The van der Waals surface area contributed by atoms with E-state index in [9.17, 15) is 26.4 Å². The van der Waals surface area contributed by atoms with Crippen LogP contribution in [0.5, 0.6) is 0 Å². The van der Waals surface area contributed by atoms with Crippen LogP contribution in [-0.4, -0.2) is 19.8 Å². The smallest absolute Gasteiger partial charge is 0.274 e. The van der Waals surface area contributed by atoms with Gasteiger partial charge in [-0.1, -0.05) is 13.8 Å². The maximum Gasteiger partial charge on any atom is 0.516 e. The van der Waals surface area contributed by atoms with Gasteiger partial charge in [0.25, 0.3) is 0 Å². The van der Waals surface area contributed by atoms with E-state index < -0.39 is 21.4 Å². The summed E-state index contributed by atoms with van der Waals surface area (Å²) in [7, 11) is -5.50. The summed E-state index contributed by atoms with van der Waals surface area (Å²) < 4.78 is 55.0. The number of alkyl halides is 3. The zero-order valence-electron chi connectivity index (χ0n) is 7.27. The first-order valence-electron chi connectivity index (χ1n) is 3.26. The lowest BCUT2D eigenvalue weighted by Gasteiger charge is -2.06. The first-order chi connectivity index (χ1) is 5.67. The number of hydrogen-bond acceptors (Lipinski definition) is 3. The second-order valence-corrected chi connectivity index (χ2v) is 3.28. The predicted octanol–water partition coefficient (Wildman–Crippen LogP) is 0.998. The molecule has 0 spiro atoms. The van der Waals surface area contributed by atoms with Crippen molar-refractivity contribution in [1.82, 2.24) is 4.72 Å². The molecule has 80 valence electrons. The third-order valence-electron chi connectivity index (χ3n) is 0.583. The Kier molecular flexibility index (Phi) is 5.72. The van der Waals surface area contributed by atoms with E-state index in [1.165, 1.54) is 0 Å². The van der Waals surface area contributed by atoms with Gasteiger partial charge in [0.05, 0.1) is 0 Å². The van der Waals surface area contributed by atoms with E-state index in [1.54, 1.807) is 0 Å². The number of halogens is 3. The van der Waals surface area contributed by atoms with Gasteiger partial charge in [-0.15, -0.1) is 0 Å². The molecule has 0 atom stereocenters. The van der Waals surface area contributed by atoms with Crippen LogP contribution in [0.3, 0.4) is 0 Å². The monoisotopic (exact) mass is 221 g/mol. The van der Waals surface area contributed by atoms with Crippen LogP contribution in [-0.2, 0) is 14.8 Å². The van der Waals surface area contributed by atoms with E-state index in [-0.39, 0.29) is 0 Å². The Hall–Kier alpha value is -0.790. The van der Waals surface area contributed by atoms with E-state index in [4.69, 9.17) is 0 Å². The highest BCUT2D eigenvalue weighted by molar-refractivity contribution is 7.90. The molecule has 13 heavy (non-hydrogen) atoms. The number of nitrogens with one attached hydrogen (secondary N) is 1. The lowest BCUT2D eigenvalue weighted by Crippen LogP contribution is -2.38. The molecule has 0 aliphatic heterocycles. The normalized spacial score (nSPS) is 11.2. The molecule has 0 aliphatic rings. The Labute approximate surface area is 74.2 Å². The van der Waals surface area contributed by atoms with Crippen molar-refractivity contribution < 1.29 is 26.4 Å². The van der Waals surface area contributed by atoms with Gasteiger partial charge in [-0.3, -0.25) is 4.79 Å². The first kappa shape index (κ1) is 14.7. The molecule has 8 heteroatoms. The first-order valence-corrected chi connectivity index (χ1v) is 4.75. The van der Waals surface area contributed by atoms with Crippen LogP contribution in [0.2, 0.25) is 0 Å². The van der Waals surface area contributed by atoms with Gasteiger partial charge in [0.15, 0.2) is 0 Å². The van der Waals surface area contributed by atoms with Crippen LogP contribution in [0.4, 0.5) is 13.2 Å². The van der Waals surface area contributed by atoms with Crippen molar-refractivity contribution in [2.45, 2.75) is 26.3 Å². The van der Waals surface area contributed by atoms with Crippen molar-refractivity contribution in [3.05, 3.63) is 0 Å². The van der Waals surface area contributed by atoms with Crippen LogP contribution in [0.1, 0.15) is 20.8 Å². The maximum absolute atomic E-state index is 11.4. The number of carbonyl (C=O) groups is 1. The van der Waals surface area contributed by atoms with E-state index in [2.05, 4.69) is 0 Å². The summed E-state index contributed by atoms with van der Waals surface area (Å²) in [5.41, 5.74) is -5.43. The average molecular weight is 221 g/mol. The highest BCUT2D eigenvalue weighted by Gasteiger charge is 2.46. The molecule has 0 aliphatic carbocycles. The minimum atomic E-state index is -5.50. The Balaban J connectivity index is 0. The van der Waals surface area contributed by atoms with Crippen LogP contribution in [0, 0.1) is 0 Å².